The van der Waals surface area contributed by atoms with Crippen LogP contribution in [0.3, 0.4) is 0 Å². The molecule has 0 aliphatic heterocycles. The molecule has 0 bridgehead atoms. The third kappa shape index (κ3) is 11.0. The highest BCUT2D eigenvalue weighted by molar-refractivity contribution is 5.91. The summed E-state index contributed by atoms with van der Waals surface area (Å²) in [5.74, 6) is 0.506. The van der Waals surface area contributed by atoms with Crippen molar-refractivity contribution < 1.29 is 38.1 Å². The van der Waals surface area contributed by atoms with Crippen molar-refractivity contribution in [1.29, 1.82) is 0 Å². The van der Waals surface area contributed by atoms with Crippen LogP contribution in [0.1, 0.15) is 42.5 Å². The number of hydrogen-bond donors (Lipinski definition) is 0. The van der Waals surface area contributed by atoms with E-state index in [0.29, 0.717) is 36.0 Å². The Labute approximate surface area is 240 Å². The van der Waals surface area contributed by atoms with Crippen LogP contribution in [0.5, 0.6) is 17.2 Å². The lowest BCUT2D eigenvalue weighted by Crippen LogP contribution is -2.08. The van der Waals surface area contributed by atoms with Gasteiger partial charge in [0.25, 0.3) is 0 Å². The summed E-state index contributed by atoms with van der Waals surface area (Å²) in [6.07, 6.45) is 5.99. The van der Waals surface area contributed by atoms with E-state index in [1.807, 2.05) is 36.4 Å². The molecule has 0 saturated carbocycles. The minimum atomic E-state index is -0.456. The van der Waals surface area contributed by atoms with Crippen molar-refractivity contribution in [2.75, 3.05) is 19.8 Å². The Morgan fingerprint density at radius 3 is 1.78 bits per heavy atom. The summed E-state index contributed by atoms with van der Waals surface area (Å²) in [5.41, 5.74) is 2.31. The third-order valence-corrected chi connectivity index (χ3v) is 5.85. The van der Waals surface area contributed by atoms with Crippen molar-refractivity contribution in [3.63, 3.8) is 0 Å². The summed E-state index contributed by atoms with van der Waals surface area (Å²) in [5, 5.41) is 0. The predicted octanol–water partition coefficient (Wildman–Crippen LogP) is 6.70. The fourth-order valence-corrected chi connectivity index (χ4v) is 3.70. The van der Waals surface area contributed by atoms with Crippen LogP contribution in [-0.4, -0.2) is 37.7 Å². The lowest BCUT2D eigenvalue weighted by atomic mass is 10.0. The zero-order chi connectivity index (χ0) is 29.3. The van der Waals surface area contributed by atoms with Crippen LogP contribution in [0.4, 0.5) is 0 Å². The molecule has 0 atom stereocenters. The maximum atomic E-state index is 12.6. The molecule has 0 spiro atoms. The van der Waals surface area contributed by atoms with Crippen LogP contribution >= 0.6 is 0 Å². The van der Waals surface area contributed by atoms with E-state index in [1.165, 1.54) is 0 Å². The number of carbonyl (C=O) groups excluding carboxylic acids is 3. The Morgan fingerprint density at radius 1 is 0.634 bits per heavy atom. The largest absolute Gasteiger partial charge is 0.494 e. The average molecular weight is 559 g/mol. The van der Waals surface area contributed by atoms with E-state index in [0.717, 1.165) is 49.1 Å². The first-order valence-electron chi connectivity index (χ1n) is 13.4. The van der Waals surface area contributed by atoms with Gasteiger partial charge < -0.3 is 23.7 Å². The van der Waals surface area contributed by atoms with Crippen LogP contribution in [-0.2, 0) is 19.1 Å². The molecule has 3 aromatic rings. The van der Waals surface area contributed by atoms with Gasteiger partial charge >= 0.3 is 17.9 Å². The number of ether oxygens (including phenoxy) is 5. The summed E-state index contributed by atoms with van der Waals surface area (Å²) >= 11 is 0. The van der Waals surface area contributed by atoms with Gasteiger partial charge in [0.05, 0.1) is 38.1 Å². The molecule has 3 rings (SSSR count). The van der Waals surface area contributed by atoms with Gasteiger partial charge in [-0.2, -0.15) is 0 Å². The molecule has 0 aromatic heterocycles. The lowest BCUT2D eigenvalue weighted by Gasteiger charge is -2.09. The molecule has 214 valence electrons. The van der Waals surface area contributed by atoms with Crippen molar-refractivity contribution in [3.05, 3.63) is 104 Å². The molecule has 0 saturated heterocycles. The van der Waals surface area contributed by atoms with Gasteiger partial charge in [-0.3, -0.25) is 4.79 Å². The van der Waals surface area contributed by atoms with Crippen molar-refractivity contribution in [2.24, 2.45) is 0 Å². The summed E-state index contributed by atoms with van der Waals surface area (Å²) in [6, 6.07) is 21.5. The fourth-order valence-electron chi connectivity index (χ4n) is 3.70. The Hall–Kier alpha value is -4.85. The van der Waals surface area contributed by atoms with E-state index in [1.54, 1.807) is 36.4 Å². The van der Waals surface area contributed by atoms with E-state index < -0.39 is 17.9 Å². The molecule has 0 amide bonds. The number of unbranched alkanes of at least 4 members (excludes halogenated alkanes) is 3. The minimum Gasteiger partial charge on any atom is -0.494 e. The number of hydrogen-bond acceptors (Lipinski definition) is 8. The molecule has 8 nitrogen and oxygen atoms in total. The number of esters is 3. The quantitative estimate of drug-likeness (QED) is 0.0594. The molecule has 3 aromatic carbocycles. The molecular formula is C33H34O8. The molecule has 41 heavy (non-hydrogen) atoms. The summed E-state index contributed by atoms with van der Waals surface area (Å²) < 4.78 is 26.4. The molecule has 0 aliphatic carbocycles. The minimum absolute atomic E-state index is 0.129. The van der Waals surface area contributed by atoms with Gasteiger partial charge in [-0.15, -0.1) is 0 Å². The summed E-state index contributed by atoms with van der Waals surface area (Å²) in [6.45, 7) is 7.88. The summed E-state index contributed by atoms with van der Waals surface area (Å²) in [4.78, 5) is 34.9. The average Bonchev–Trinajstić information content (AvgIpc) is 2.99. The molecule has 0 radical (unpaired) electrons. The van der Waals surface area contributed by atoms with Gasteiger partial charge in [-0.05, 0) is 85.3 Å². The highest BCUT2D eigenvalue weighted by Gasteiger charge is 2.10. The predicted molar refractivity (Wildman–Crippen MR) is 155 cm³/mol. The second-order valence-corrected chi connectivity index (χ2v) is 8.85. The SMILES string of the molecule is C=COC(=O)CCOc1ccc(-c2ccc(C(=O)Oc3ccc(OCCCCCCOC(=O)C=C)cc3)cc2)cc1. The Balaban J connectivity index is 1.38. The number of rotatable bonds is 17. The highest BCUT2D eigenvalue weighted by Crippen LogP contribution is 2.24. The summed E-state index contributed by atoms with van der Waals surface area (Å²) in [7, 11) is 0. The van der Waals surface area contributed by atoms with Gasteiger partial charge in [-0.25, -0.2) is 9.59 Å². The van der Waals surface area contributed by atoms with Crippen LogP contribution in [0.15, 0.2) is 98.3 Å². The third-order valence-electron chi connectivity index (χ3n) is 5.85. The zero-order valence-corrected chi connectivity index (χ0v) is 22.9. The molecule has 0 heterocycles. The van der Waals surface area contributed by atoms with E-state index in [4.69, 9.17) is 18.9 Å². The van der Waals surface area contributed by atoms with Crippen LogP contribution < -0.4 is 14.2 Å². The molecule has 0 aliphatic rings. The first-order valence-corrected chi connectivity index (χ1v) is 13.4. The smallest absolute Gasteiger partial charge is 0.343 e. The Morgan fingerprint density at radius 2 is 1.17 bits per heavy atom. The molecule has 8 heteroatoms. The second-order valence-electron chi connectivity index (χ2n) is 8.85. The molecule has 0 unspecified atom stereocenters. The van der Waals surface area contributed by atoms with Crippen LogP contribution in [0, 0.1) is 0 Å². The van der Waals surface area contributed by atoms with E-state index >= 15 is 0 Å². The van der Waals surface area contributed by atoms with Crippen molar-refractivity contribution in [1.82, 2.24) is 0 Å². The number of benzene rings is 3. The Bertz CT molecular complexity index is 1280. The topological polar surface area (TPSA) is 97.4 Å². The first kappa shape index (κ1) is 30.7. The normalized spacial score (nSPS) is 10.2. The van der Waals surface area contributed by atoms with Gasteiger partial charge in [0.2, 0.25) is 0 Å². The zero-order valence-electron chi connectivity index (χ0n) is 22.9. The maximum Gasteiger partial charge on any atom is 0.343 e. The fraction of sp³-hybridized carbons (Fsp3) is 0.242. The highest BCUT2D eigenvalue weighted by atomic mass is 16.5. The van der Waals surface area contributed by atoms with Gasteiger partial charge in [-0.1, -0.05) is 37.4 Å². The number of carbonyl (C=O) groups is 3. The van der Waals surface area contributed by atoms with Crippen LogP contribution in [0.25, 0.3) is 11.1 Å². The van der Waals surface area contributed by atoms with Crippen LogP contribution in [0.2, 0.25) is 0 Å². The lowest BCUT2D eigenvalue weighted by molar-refractivity contribution is -0.139. The van der Waals surface area contributed by atoms with Crippen molar-refractivity contribution in [3.8, 4) is 28.4 Å². The van der Waals surface area contributed by atoms with E-state index in [-0.39, 0.29) is 13.0 Å². The second kappa shape index (κ2) is 17.0. The van der Waals surface area contributed by atoms with Gasteiger partial charge in [0.1, 0.15) is 17.2 Å². The van der Waals surface area contributed by atoms with Gasteiger partial charge in [0.15, 0.2) is 0 Å². The first-order chi connectivity index (χ1) is 20.0. The molecular weight excluding hydrogens is 524 g/mol. The van der Waals surface area contributed by atoms with E-state index in [9.17, 15) is 14.4 Å². The molecule has 0 fully saturated rings. The van der Waals surface area contributed by atoms with Gasteiger partial charge in [0, 0.05) is 6.08 Å². The van der Waals surface area contributed by atoms with E-state index in [2.05, 4.69) is 17.9 Å². The maximum absolute atomic E-state index is 12.6. The Kier molecular flexibility index (Phi) is 12.7. The van der Waals surface area contributed by atoms with Crippen molar-refractivity contribution >= 4 is 17.9 Å². The standard InChI is InChI=1S/C33H34O8/c1-3-31(34)40-23-8-6-5-7-22-38-29-17-19-30(20-18-29)41-33(36)27-11-9-25(10-12-27)26-13-15-28(16-14-26)39-24-21-32(35)37-4-2/h3-4,9-20H,1-2,5-8,21-24H2. The molecule has 0 N–H and O–H groups in total. The van der Waals surface area contributed by atoms with Crippen molar-refractivity contribution in [2.45, 2.75) is 32.1 Å². The monoisotopic (exact) mass is 558 g/mol.